The van der Waals surface area contributed by atoms with Gasteiger partial charge in [0.25, 0.3) is 0 Å². The van der Waals surface area contributed by atoms with Crippen molar-refractivity contribution in [2.24, 2.45) is 0 Å². The van der Waals surface area contributed by atoms with E-state index in [9.17, 15) is 5.11 Å². The molecule has 2 heterocycles. The Hall–Kier alpha value is -1.66. The van der Waals surface area contributed by atoms with Gasteiger partial charge < -0.3 is 14.7 Å². The van der Waals surface area contributed by atoms with Crippen molar-refractivity contribution < 1.29 is 9.84 Å². The highest BCUT2D eigenvalue weighted by Crippen LogP contribution is 2.24. The molecule has 20 heavy (non-hydrogen) atoms. The van der Waals surface area contributed by atoms with Crippen molar-refractivity contribution in [3.63, 3.8) is 0 Å². The lowest BCUT2D eigenvalue weighted by Crippen LogP contribution is -2.24. The van der Waals surface area contributed by atoms with Crippen LogP contribution in [-0.2, 0) is 0 Å². The molecule has 0 aliphatic carbocycles. The second-order valence-corrected chi connectivity index (χ2v) is 5.30. The number of pyridine rings is 1. The molecule has 0 aliphatic rings. The minimum absolute atomic E-state index is 0.492. The molecule has 108 valence electrons. The third-order valence-electron chi connectivity index (χ3n) is 2.89. The van der Waals surface area contributed by atoms with Crippen LogP contribution in [-0.4, -0.2) is 35.3 Å². The van der Waals surface area contributed by atoms with Crippen LogP contribution in [0, 0.1) is 0 Å². The summed E-state index contributed by atoms with van der Waals surface area (Å²) < 4.78 is 5.59. The zero-order chi connectivity index (χ0) is 14.4. The lowest BCUT2D eigenvalue weighted by Gasteiger charge is -2.17. The molecule has 0 amide bonds. The number of nitrogens with zero attached hydrogens (tertiary/aromatic N) is 3. The van der Waals surface area contributed by atoms with E-state index in [-0.39, 0.29) is 0 Å². The summed E-state index contributed by atoms with van der Waals surface area (Å²) in [5.74, 6) is 1.49. The summed E-state index contributed by atoms with van der Waals surface area (Å²) in [6, 6.07) is 5.81. The molecule has 0 spiro atoms. The molecule has 1 unspecified atom stereocenters. The molecule has 0 radical (unpaired) electrons. The van der Waals surface area contributed by atoms with Crippen molar-refractivity contribution in [1.29, 1.82) is 0 Å². The molecule has 5 nitrogen and oxygen atoms in total. The molecular weight excluding hydrogens is 274 g/mol. The van der Waals surface area contributed by atoms with Crippen LogP contribution in [0.4, 0.5) is 5.82 Å². The van der Waals surface area contributed by atoms with Crippen molar-refractivity contribution >= 4 is 17.2 Å². The number of hydrogen-bond acceptors (Lipinski definition) is 6. The number of likely N-dealkylation sites (N-methyl/N-ethyl adjacent to an activating group) is 1. The monoisotopic (exact) mass is 293 g/mol. The van der Waals surface area contributed by atoms with E-state index in [0.29, 0.717) is 23.9 Å². The molecule has 1 atom stereocenters. The van der Waals surface area contributed by atoms with Crippen LogP contribution >= 0.6 is 11.3 Å². The molecule has 2 rings (SSSR count). The smallest absolute Gasteiger partial charge is 0.224 e. The molecule has 0 saturated heterocycles. The molecule has 2 aromatic rings. The number of anilines is 1. The number of ether oxygens (including phenoxy) is 1. The number of hydrogen-bond donors (Lipinski definition) is 1. The molecular formula is C14H19N3O2S. The van der Waals surface area contributed by atoms with E-state index in [2.05, 4.69) is 9.97 Å². The first-order valence-corrected chi connectivity index (χ1v) is 7.47. The predicted molar refractivity (Wildman–Crippen MR) is 80.4 cm³/mol. The van der Waals surface area contributed by atoms with E-state index < -0.39 is 6.10 Å². The number of thiazole rings is 1. The van der Waals surface area contributed by atoms with E-state index in [1.54, 1.807) is 6.20 Å². The SMILES string of the molecule is CCC(O)c1nc(OCCN(C)c2ccccn2)cs1. The molecule has 2 aromatic heterocycles. The highest BCUT2D eigenvalue weighted by atomic mass is 32.1. The summed E-state index contributed by atoms with van der Waals surface area (Å²) in [6.07, 6.45) is 1.94. The molecule has 0 aromatic carbocycles. The fourth-order valence-corrected chi connectivity index (χ4v) is 2.46. The Kier molecular flexibility index (Phi) is 5.31. The van der Waals surface area contributed by atoms with Gasteiger partial charge in [-0.05, 0) is 18.6 Å². The van der Waals surface area contributed by atoms with Gasteiger partial charge in [0, 0.05) is 13.2 Å². The Morgan fingerprint density at radius 1 is 1.45 bits per heavy atom. The quantitative estimate of drug-likeness (QED) is 0.850. The predicted octanol–water partition coefficient (Wildman–Crippen LogP) is 2.50. The third kappa shape index (κ3) is 3.91. The van der Waals surface area contributed by atoms with Crippen molar-refractivity contribution in [3.05, 3.63) is 34.8 Å². The zero-order valence-corrected chi connectivity index (χ0v) is 12.5. The number of rotatable bonds is 7. The highest BCUT2D eigenvalue weighted by molar-refractivity contribution is 7.09. The summed E-state index contributed by atoms with van der Waals surface area (Å²) in [4.78, 5) is 10.6. The number of aliphatic hydroxyl groups is 1. The summed E-state index contributed by atoms with van der Waals surface area (Å²) in [5.41, 5.74) is 0. The van der Waals surface area contributed by atoms with Crippen LogP contribution in [0.25, 0.3) is 0 Å². The normalized spacial score (nSPS) is 12.2. The fourth-order valence-electron chi connectivity index (χ4n) is 1.65. The molecule has 1 N–H and O–H groups in total. The van der Waals surface area contributed by atoms with Crippen LogP contribution in [0.5, 0.6) is 5.88 Å². The Morgan fingerprint density at radius 3 is 3.00 bits per heavy atom. The van der Waals surface area contributed by atoms with E-state index in [0.717, 1.165) is 12.4 Å². The first-order valence-electron chi connectivity index (χ1n) is 6.59. The van der Waals surface area contributed by atoms with E-state index in [1.807, 2.05) is 42.5 Å². The lowest BCUT2D eigenvalue weighted by atomic mass is 10.3. The maximum absolute atomic E-state index is 9.68. The number of aromatic nitrogens is 2. The topological polar surface area (TPSA) is 58.5 Å². The Bertz CT molecular complexity index is 518. The second kappa shape index (κ2) is 7.21. The van der Waals surface area contributed by atoms with Gasteiger partial charge in [0.2, 0.25) is 5.88 Å². The largest absolute Gasteiger partial charge is 0.475 e. The van der Waals surface area contributed by atoms with Crippen molar-refractivity contribution in [1.82, 2.24) is 9.97 Å². The van der Waals surface area contributed by atoms with Gasteiger partial charge in [-0.15, -0.1) is 11.3 Å². The lowest BCUT2D eigenvalue weighted by molar-refractivity contribution is 0.172. The van der Waals surface area contributed by atoms with Crippen LogP contribution in [0.2, 0.25) is 0 Å². The van der Waals surface area contributed by atoms with Gasteiger partial charge >= 0.3 is 0 Å². The zero-order valence-electron chi connectivity index (χ0n) is 11.7. The van der Waals surface area contributed by atoms with Crippen LogP contribution in [0.3, 0.4) is 0 Å². The Labute approximate surface area is 122 Å². The molecule has 0 saturated carbocycles. The first kappa shape index (κ1) is 14.7. The minimum Gasteiger partial charge on any atom is -0.475 e. The maximum Gasteiger partial charge on any atom is 0.224 e. The van der Waals surface area contributed by atoms with Gasteiger partial charge in [0.05, 0.1) is 11.9 Å². The molecule has 0 fully saturated rings. The summed E-state index contributed by atoms with van der Waals surface area (Å²) in [7, 11) is 1.97. The van der Waals surface area contributed by atoms with Crippen LogP contribution in [0.1, 0.15) is 24.5 Å². The Morgan fingerprint density at radius 2 is 2.30 bits per heavy atom. The minimum atomic E-state index is -0.492. The third-order valence-corrected chi connectivity index (χ3v) is 3.81. The molecule has 0 aliphatic heterocycles. The maximum atomic E-state index is 9.68. The van der Waals surface area contributed by atoms with Crippen molar-refractivity contribution in [2.75, 3.05) is 25.1 Å². The van der Waals surface area contributed by atoms with Gasteiger partial charge in [-0.25, -0.2) is 9.97 Å². The standard InChI is InChI=1S/C14H19N3O2S/c1-3-11(18)14-16-13(10-20-14)19-9-8-17(2)12-6-4-5-7-15-12/h4-7,10-11,18H,3,8-9H2,1-2H3. The van der Waals surface area contributed by atoms with Gasteiger partial charge in [0.1, 0.15) is 23.5 Å². The summed E-state index contributed by atoms with van der Waals surface area (Å²) in [5, 5.41) is 12.2. The van der Waals surface area contributed by atoms with E-state index in [4.69, 9.17) is 4.74 Å². The fraction of sp³-hybridized carbons (Fsp3) is 0.429. The first-order chi connectivity index (χ1) is 9.70. The average Bonchev–Trinajstić information content (AvgIpc) is 2.96. The average molecular weight is 293 g/mol. The van der Waals surface area contributed by atoms with Crippen LogP contribution < -0.4 is 9.64 Å². The Balaban J connectivity index is 1.80. The van der Waals surface area contributed by atoms with Gasteiger partial charge in [-0.2, -0.15) is 0 Å². The summed E-state index contributed by atoms with van der Waals surface area (Å²) in [6.45, 7) is 3.17. The summed E-state index contributed by atoms with van der Waals surface area (Å²) >= 11 is 1.43. The second-order valence-electron chi connectivity index (χ2n) is 4.41. The van der Waals surface area contributed by atoms with Crippen LogP contribution in [0.15, 0.2) is 29.8 Å². The van der Waals surface area contributed by atoms with Crippen molar-refractivity contribution in [2.45, 2.75) is 19.4 Å². The highest BCUT2D eigenvalue weighted by Gasteiger charge is 2.10. The van der Waals surface area contributed by atoms with Gasteiger partial charge in [-0.1, -0.05) is 13.0 Å². The number of aliphatic hydroxyl groups excluding tert-OH is 1. The molecule has 0 bridgehead atoms. The van der Waals surface area contributed by atoms with Crippen molar-refractivity contribution in [3.8, 4) is 5.88 Å². The molecule has 6 heteroatoms. The van der Waals surface area contributed by atoms with E-state index >= 15 is 0 Å². The van der Waals surface area contributed by atoms with Gasteiger partial charge in [0.15, 0.2) is 0 Å². The van der Waals surface area contributed by atoms with E-state index in [1.165, 1.54) is 11.3 Å². The van der Waals surface area contributed by atoms with Gasteiger partial charge in [-0.3, -0.25) is 0 Å².